The van der Waals surface area contributed by atoms with Crippen LogP contribution in [-0.2, 0) is 6.54 Å². The predicted octanol–water partition coefficient (Wildman–Crippen LogP) is 1.57. The van der Waals surface area contributed by atoms with Gasteiger partial charge < -0.3 is 16.2 Å². The first-order valence-electron chi connectivity index (χ1n) is 6.91. The van der Waals surface area contributed by atoms with E-state index in [0.29, 0.717) is 18.7 Å². The van der Waals surface area contributed by atoms with Crippen molar-refractivity contribution in [1.82, 2.24) is 5.32 Å². The van der Waals surface area contributed by atoms with Crippen LogP contribution in [0.1, 0.15) is 48.0 Å². The van der Waals surface area contributed by atoms with E-state index in [1.54, 1.807) is 12.1 Å². The smallest absolute Gasteiger partial charge is 0.248 e. The summed E-state index contributed by atoms with van der Waals surface area (Å²) >= 11 is 0. The van der Waals surface area contributed by atoms with Crippen LogP contribution in [0.15, 0.2) is 24.3 Å². The third kappa shape index (κ3) is 4.04. The molecule has 4 heteroatoms. The summed E-state index contributed by atoms with van der Waals surface area (Å²) in [5.41, 5.74) is 6.23. The second-order valence-electron chi connectivity index (χ2n) is 5.45. The number of aliphatic hydroxyl groups is 1. The summed E-state index contributed by atoms with van der Waals surface area (Å²) in [4.78, 5) is 11.1. The molecule has 4 N–H and O–H groups in total. The molecule has 0 bridgehead atoms. The van der Waals surface area contributed by atoms with Gasteiger partial charge in [-0.25, -0.2) is 0 Å². The molecule has 0 radical (unpaired) electrons. The van der Waals surface area contributed by atoms with Gasteiger partial charge in [-0.15, -0.1) is 0 Å². The number of rotatable bonds is 5. The van der Waals surface area contributed by atoms with Gasteiger partial charge >= 0.3 is 0 Å². The summed E-state index contributed by atoms with van der Waals surface area (Å²) in [6.07, 6.45) is 5.19. The van der Waals surface area contributed by atoms with Crippen molar-refractivity contribution in [3.05, 3.63) is 35.4 Å². The van der Waals surface area contributed by atoms with Gasteiger partial charge in [-0.05, 0) is 30.5 Å². The topological polar surface area (TPSA) is 75.4 Å². The summed E-state index contributed by atoms with van der Waals surface area (Å²) in [5.74, 6) is -0.409. The molecule has 2 rings (SSSR count). The fourth-order valence-corrected chi connectivity index (χ4v) is 2.66. The van der Waals surface area contributed by atoms with E-state index in [9.17, 15) is 9.90 Å². The maximum atomic E-state index is 11.1. The molecule has 0 atom stereocenters. The number of primary amides is 1. The molecule has 104 valence electrons. The summed E-state index contributed by atoms with van der Waals surface area (Å²) in [6, 6.07) is 7.28. The van der Waals surface area contributed by atoms with Gasteiger partial charge in [0.1, 0.15) is 0 Å². The number of carbonyl (C=O) groups is 1. The Morgan fingerprint density at radius 3 is 2.74 bits per heavy atom. The van der Waals surface area contributed by atoms with Crippen LogP contribution >= 0.6 is 0 Å². The molecule has 1 saturated carbocycles. The van der Waals surface area contributed by atoms with E-state index in [2.05, 4.69) is 5.32 Å². The molecular formula is C15H22N2O2. The second kappa shape index (κ2) is 6.17. The van der Waals surface area contributed by atoms with Crippen molar-refractivity contribution in [2.45, 2.75) is 44.2 Å². The average molecular weight is 262 g/mol. The average Bonchev–Trinajstić information content (AvgIpc) is 2.39. The zero-order valence-corrected chi connectivity index (χ0v) is 11.2. The number of nitrogens with one attached hydrogen (secondary N) is 1. The van der Waals surface area contributed by atoms with Gasteiger partial charge in [-0.3, -0.25) is 4.79 Å². The molecule has 1 fully saturated rings. The van der Waals surface area contributed by atoms with Crippen LogP contribution in [0.4, 0.5) is 0 Å². The lowest BCUT2D eigenvalue weighted by molar-refractivity contribution is 0.00467. The van der Waals surface area contributed by atoms with Crippen LogP contribution in [0.2, 0.25) is 0 Å². The van der Waals surface area contributed by atoms with E-state index in [0.717, 1.165) is 31.2 Å². The Morgan fingerprint density at radius 2 is 2.05 bits per heavy atom. The van der Waals surface area contributed by atoms with Crippen LogP contribution in [0.3, 0.4) is 0 Å². The Morgan fingerprint density at radius 1 is 1.32 bits per heavy atom. The molecule has 1 aliphatic carbocycles. The summed E-state index contributed by atoms with van der Waals surface area (Å²) in [6.45, 7) is 1.25. The lowest BCUT2D eigenvalue weighted by Gasteiger charge is -2.32. The molecule has 1 aromatic rings. The number of carbonyl (C=O) groups excluding carboxylic acids is 1. The number of hydrogen-bond donors (Lipinski definition) is 3. The van der Waals surface area contributed by atoms with E-state index < -0.39 is 11.5 Å². The van der Waals surface area contributed by atoms with Crippen molar-refractivity contribution in [3.63, 3.8) is 0 Å². The van der Waals surface area contributed by atoms with Crippen LogP contribution in [-0.4, -0.2) is 23.2 Å². The van der Waals surface area contributed by atoms with Gasteiger partial charge in [-0.2, -0.15) is 0 Å². The van der Waals surface area contributed by atoms with Crippen LogP contribution in [0.5, 0.6) is 0 Å². The summed E-state index contributed by atoms with van der Waals surface area (Å²) in [5, 5.41) is 13.6. The minimum Gasteiger partial charge on any atom is -0.389 e. The first kappa shape index (κ1) is 14.0. The summed E-state index contributed by atoms with van der Waals surface area (Å²) in [7, 11) is 0. The van der Waals surface area contributed by atoms with E-state index >= 15 is 0 Å². The highest BCUT2D eigenvalue weighted by molar-refractivity contribution is 5.92. The van der Waals surface area contributed by atoms with Crippen LogP contribution in [0.25, 0.3) is 0 Å². The van der Waals surface area contributed by atoms with Gasteiger partial charge in [0.2, 0.25) is 5.91 Å². The molecule has 1 amide bonds. The van der Waals surface area contributed by atoms with Crippen molar-refractivity contribution in [3.8, 4) is 0 Å². The van der Waals surface area contributed by atoms with Crippen molar-refractivity contribution < 1.29 is 9.90 Å². The highest BCUT2D eigenvalue weighted by atomic mass is 16.3. The number of nitrogens with two attached hydrogens (primary N) is 1. The Kier molecular flexibility index (Phi) is 4.56. The van der Waals surface area contributed by atoms with E-state index in [1.165, 1.54) is 6.42 Å². The van der Waals surface area contributed by atoms with Crippen LogP contribution < -0.4 is 11.1 Å². The van der Waals surface area contributed by atoms with Crippen LogP contribution in [0, 0.1) is 0 Å². The lowest BCUT2D eigenvalue weighted by Crippen LogP contribution is -2.41. The molecular weight excluding hydrogens is 240 g/mol. The molecule has 4 nitrogen and oxygen atoms in total. The van der Waals surface area contributed by atoms with E-state index in [4.69, 9.17) is 5.73 Å². The molecule has 0 aromatic heterocycles. The highest BCUT2D eigenvalue weighted by Gasteiger charge is 2.28. The van der Waals surface area contributed by atoms with Crippen molar-refractivity contribution in [2.24, 2.45) is 5.73 Å². The third-order valence-electron chi connectivity index (χ3n) is 3.78. The van der Waals surface area contributed by atoms with Crippen molar-refractivity contribution in [2.75, 3.05) is 6.54 Å². The Bertz CT molecular complexity index is 440. The van der Waals surface area contributed by atoms with Gasteiger partial charge in [0.15, 0.2) is 0 Å². The largest absolute Gasteiger partial charge is 0.389 e. The second-order valence-corrected chi connectivity index (χ2v) is 5.45. The van der Waals surface area contributed by atoms with Crippen molar-refractivity contribution in [1.29, 1.82) is 0 Å². The molecule has 0 unspecified atom stereocenters. The molecule has 1 aliphatic rings. The van der Waals surface area contributed by atoms with Gasteiger partial charge in [0.05, 0.1) is 5.60 Å². The SMILES string of the molecule is NC(=O)c1cccc(CNCC2(O)CCCCC2)c1. The Balaban J connectivity index is 1.85. The Hall–Kier alpha value is -1.39. The Labute approximate surface area is 114 Å². The van der Waals surface area contributed by atoms with Crippen molar-refractivity contribution >= 4 is 5.91 Å². The van der Waals surface area contributed by atoms with Gasteiger partial charge in [0, 0.05) is 18.7 Å². The quantitative estimate of drug-likeness (QED) is 0.754. The maximum absolute atomic E-state index is 11.1. The minimum atomic E-state index is -0.556. The molecule has 0 spiro atoms. The molecule has 0 heterocycles. The molecule has 19 heavy (non-hydrogen) atoms. The zero-order chi connectivity index (χ0) is 13.7. The molecule has 0 saturated heterocycles. The predicted molar refractivity (Wildman–Crippen MR) is 74.7 cm³/mol. The number of benzene rings is 1. The van der Waals surface area contributed by atoms with E-state index in [1.807, 2.05) is 12.1 Å². The lowest BCUT2D eigenvalue weighted by atomic mass is 9.85. The highest BCUT2D eigenvalue weighted by Crippen LogP contribution is 2.27. The molecule has 0 aliphatic heterocycles. The first-order valence-corrected chi connectivity index (χ1v) is 6.91. The number of hydrogen-bond acceptors (Lipinski definition) is 3. The zero-order valence-electron chi connectivity index (χ0n) is 11.2. The summed E-state index contributed by atoms with van der Waals surface area (Å²) < 4.78 is 0. The third-order valence-corrected chi connectivity index (χ3v) is 3.78. The standard InChI is InChI=1S/C15H22N2O2/c16-14(18)13-6-4-5-12(9-13)10-17-11-15(19)7-2-1-3-8-15/h4-6,9,17,19H,1-3,7-8,10-11H2,(H2,16,18). The maximum Gasteiger partial charge on any atom is 0.248 e. The van der Waals surface area contributed by atoms with Gasteiger partial charge in [-0.1, -0.05) is 31.4 Å². The van der Waals surface area contributed by atoms with E-state index in [-0.39, 0.29) is 0 Å². The molecule has 1 aromatic carbocycles. The normalized spacial score (nSPS) is 18.2. The monoisotopic (exact) mass is 262 g/mol. The first-order chi connectivity index (χ1) is 9.09. The minimum absolute atomic E-state index is 0.409. The fraction of sp³-hybridized carbons (Fsp3) is 0.533. The fourth-order valence-electron chi connectivity index (χ4n) is 2.66. The number of amides is 1. The van der Waals surface area contributed by atoms with Gasteiger partial charge in [0.25, 0.3) is 0 Å².